The molecule has 0 atom stereocenters. The van der Waals surface area contributed by atoms with Gasteiger partial charge in [0.05, 0.1) is 0 Å². The van der Waals surface area contributed by atoms with Crippen molar-refractivity contribution in [2.45, 2.75) is 6.42 Å². The summed E-state index contributed by atoms with van der Waals surface area (Å²) < 4.78 is 5.50. The number of rotatable bonds is 4. The monoisotopic (exact) mass is 390 g/mol. The van der Waals surface area contributed by atoms with Gasteiger partial charge < -0.3 is 14.5 Å². The van der Waals surface area contributed by atoms with Gasteiger partial charge in [0.15, 0.2) is 6.61 Å². The molecule has 27 heavy (non-hydrogen) atoms. The number of nitrogens with one attached hydrogen (secondary N) is 1. The lowest BCUT2D eigenvalue weighted by molar-refractivity contribution is -0.133. The van der Waals surface area contributed by atoms with E-state index in [1.165, 1.54) is 12.1 Å². The first kappa shape index (κ1) is 18.9. The highest BCUT2D eigenvalue weighted by Gasteiger charge is 2.23. The molecule has 0 saturated carbocycles. The zero-order valence-corrected chi connectivity index (χ0v) is 15.3. The van der Waals surface area contributed by atoms with Crippen molar-refractivity contribution in [3.8, 4) is 5.75 Å². The third-order valence-corrected chi connectivity index (χ3v) is 4.46. The smallest absolute Gasteiger partial charge is 0.274 e. The van der Waals surface area contributed by atoms with Crippen molar-refractivity contribution in [3.63, 3.8) is 0 Å². The molecular weight excluding hydrogens is 372 g/mol. The van der Waals surface area contributed by atoms with Crippen LogP contribution in [0.5, 0.6) is 5.75 Å². The van der Waals surface area contributed by atoms with Crippen LogP contribution in [0.2, 0.25) is 5.02 Å². The Morgan fingerprint density at radius 3 is 2.44 bits per heavy atom. The van der Waals surface area contributed by atoms with Crippen LogP contribution in [0.4, 0.5) is 0 Å². The van der Waals surface area contributed by atoms with Gasteiger partial charge in [-0.05, 0) is 36.8 Å². The van der Waals surface area contributed by atoms with Crippen LogP contribution in [0, 0.1) is 0 Å². The molecule has 1 fully saturated rings. The fourth-order valence-corrected chi connectivity index (χ4v) is 2.89. The van der Waals surface area contributed by atoms with E-state index in [1.807, 2.05) is 0 Å². The Hall–Kier alpha value is -2.87. The van der Waals surface area contributed by atoms with Gasteiger partial charge in [0.1, 0.15) is 11.4 Å². The summed E-state index contributed by atoms with van der Waals surface area (Å²) in [6.45, 7) is 1.80. The fourth-order valence-electron chi connectivity index (χ4n) is 2.76. The van der Waals surface area contributed by atoms with Crippen molar-refractivity contribution >= 4 is 23.4 Å². The highest BCUT2D eigenvalue weighted by atomic mass is 35.5. The SMILES string of the molecule is O=C(COc1ccc(Cl)cc1)N1CCCN(C(=O)c2ccc(=O)[nH]n2)CC1. The molecule has 142 valence electrons. The molecule has 0 spiro atoms. The van der Waals surface area contributed by atoms with E-state index in [4.69, 9.17) is 16.3 Å². The number of amides is 2. The lowest BCUT2D eigenvalue weighted by Gasteiger charge is -2.22. The summed E-state index contributed by atoms with van der Waals surface area (Å²) in [6.07, 6.45) is 0.655. The van der Waals surface area contributed by atoms with E-state index >= 15 is 0 Å². The van der Waals surface area contributed by atoms with Gasteiger partial charge in [0, 0.05) is 37.3 Å². The van der Waals surface area contributed by atoms with Crippen molar-refractivity contribution in [2.75, 3.05) is 32.8 Å². The predicted octanol–water partition coefficient (Wildman–Crippen LogP) is 1.18. The van der Waals surface area contributed by atoms with E-state index in [0.717, 1.165) is 0 Å². The third kappa shape index (κ3) is 5.07. The minimum absolute atomic E-state index is 0.0724. The molecule has 1 aliphatic rings. The molecule has 2 amide bonds. The molecule has 1 aromatic carbocycles. The number of halogens is 1. The van der Waals surface area contributed by atoms with Gasteiger partial charge in [-0.1, -0.05) is 11.6 Å². The molecule has 0 unspecified atom stereocenters. The Bertz CT molecular complexity index is 848. The van der Waals surface area contributed by atoms with Crippen LogP contribution in [-0.4, -0.2) is 64.6 Å². The molecule has 8 nitrogen and oxygen atoms in total. The summed E-state index contributed by atoms with van der Waals surface area (Å²) in [6, 6.07) is 9.46. The van der Waals surface area contributed by atoms with Gasteiger partial charge in [-0.3, -0.25) is 14.4 Å². The Morgan fingerprint density at radius 1 is 1.04 bits per heavy atom. The van der Waals surface area contributed by atoms with Crippen LogP contribution < -0.4 is 10.3 Å². The second-order valence-electron chi connectivity index (χ2n) is 6.08. The highest BCUT2D eigenvalue weighted by Crippen LogP contribution is 2.15. The number of hydrogen-bond donors (Lipinski definition) is 1. The number of nitrogens with zero attached hydrogens (tertiary/aromatic N) is 3. The molecular formula is C18H19ClN4O4. The Labute approximate surface area is 160 Å². The summed E-state index contributed by atoms with van der Waals surface area (Å²) >= 11 is 5.82. The number of carbonyl (C=O) groups excluding carboxylic acids is 2. The summed E-state index contributed by atoms with van der Waals surface area (Å²) in [4.78, 5) is 39.3. The number of aromatic amines is 1. The molecule has 0 bridgehead atoms. The Balaban J connectivity index is 1.53. The van der Waals surface area contributed by atoms with Gasteiger partial charge in [-0.2, -0.15) is 5.10 Å². The van der Waals surface area contributed by atoms with Crippen molar-refractivity contribution in [1.29, 1.82) is 0 Å². The molecule has 0 radical (unpaired) electrons. The predicted molar refractivity (Wildman–Crippen MR) is 98.9 cm³/mol. The number of benzene rings is 1. The zero-order chi connectivity index (χ0) is 19.2. The Kier molecular flexibility index (Phi) is 6.08. The largest absolute Gasteiger partial charge is 0.484 e. The van der Waals surface area contributed by atoms with E-state index in [9.17, 15) is 14.4 Å². The molecule has 1 N–H and O–H groups in total. The lowest BCUT2D eigenvalue weighted by atomic mass is 10.3. The minimum Gasteiger partial charge on any atom is -0.484 e. The first-order valence-electron chi connectivity index (χ1n) is 8.54. The number of aromatic nitrogens is 2. The molecule has 9 heteroatoms. The first-order valence-corrected chi connectivity index (χ1v) is 8.92. The number of ether oxygens (including phenoxy) is 1. The number of H-pyrrole nitrogens is 1. The molecule has 1 aliphatic heterocycles. The van der Waals surface area contributed by atoms with Crippen LogP contribution in [0.25, 0.3) is 0 Å². The van der Waals surface area contributed by atoms with Crippen LogP contribution in [0.3, 0.4) is 0 Å². The average Bonchev–Trinajstić information content (AvgIpc) is 2.94. The van der Waals surface area contributed by atoms with E-state index < -0.39 is 0 Å². The van der Waals surface area contributed by atoms with Crippen molar-refractivity contribution < 1.29 is 14.3 Å². The van der Waals surface area contributed by atoms with E-state index in [0.29, 0.717) is 43.4 Å². The van der Waals surface area contributed by atoms with Gasteiger partial charge in [0.25, 0.3) is 17.4 Å². The van der Waals surface area contributed by atoms with Crippen LogP contribution in [-0.2, 0) is 4.79 Å². The normalized spacial score (nSPS) is 14.6. The van der Waals surface area contributed by atoms with Crippen molar-refractivity contribution in [1.82, 2.24) is 20.0 Å². The highest BCUT2D eigenvalue weighted by molar-refractivity contribution is 6.30. The second kappa shape index (κ2) is 8.68. The van der Waals surface area contributed by atoms with Gasteiger partial charge in [-0.25, -0.2) is 5.10 Å². The summed E-state index contributed by atoms with van der Waals surface area (Å²) in [5.74, 6) is 0.169. The molecule has 0 aliphatic carbocycles. The molecule has 3 rings (SSSR count). The molecule has 2 aromatic rings. The van der Waals surface area contributed by atoms with E-state index in [-0.39, 0.29) is 29.7 Å². The van der Waals surface area contributed by atoms with Crippen LogP contribution in [0.15, 0.2) is 41.2 Å². The van der Waals surface area contributed by atoms with Crippen LogP contribution in [0.1, 0.15) is 16.9 Å². The van der Waals surface area contributed by atoms with Crippen molar-refractivity contribution in [2.24, 2.45) is 0 Å². The maximum Gasteiger partial charge on any atom is 0.274 e. The number of hydrogen-bond acceptors (Lipinski definition) is 5. The summed E-state index contributed by atoms with van der Waals surface area (Å²) in [5, 5.41) is 6.62. The topological polar surface area (TPSA) is 95.6 Å². The summed E-state index contributed by atoms with van der Waals surface area (Å²) in [5.41, 5.74) is -0.180. The summed E-state index contributed by atoms with van der Waals surface area (Å²) in [7, 11) is 0. The Morgan fingerprint density at radius 2 is 1.74 bits per heavy atom. The standard InChI is InChI=1S/C18H19ClN4O4/c19-13-2-4-14(5-3-13)27-12-17(25)22-8-1-9-23(11-10-22)18(26)15-6-7-16(24)21-20-15/h2-7H,1,8-12H2,(H,21,24). The first-order chi connectivity index (χ1) is 13.0. The fraction of sp³-hybridized carbons (Fsp3) is 0.333. The molecule has 1 aromatic heterocycles. The second-order valence-corrected chi connectivity index (χ2v) is 6.51. The van der Waals surface area contributed by atoms with Gasteiger partial charge in [0.2, 0.25) is 0 Å². The lowest BCUT2D eigenvalue weighted by Crippen LogP contribution is -2.39. The van der Waals surface area contributed by atoms with Gasteiger partial charge >= 0.3 is 0 Å². The van der Waals surface area contributed by atoms with Gasteiger partial charge in [-0.15, -0.1) is 0 Å². The van der Waals surface area contributed by atoms with Crippen molar-refractivity contribution in [3.05, 3.63) is 57.5 Å². The van der Waals surface area contributed by atoms with E-state index in [1.54, 1.807) is 34.1 Å². The van der Waals surface area contributed by atoms with Crippen LogP contribution >= 0.6 is 11.6 Å². The minimum atomic E-state index is -0.361. The maximum absolute atomic E-state index is 12.5. The number of carbonyl (C=O) groups is 2. The van der Waals surface area contributed by atoms with E-state index in [2.05, 4.69) is 10.2 Å². The molecule has 2 heterocycles. The zero-order valence-electron chi connectivity index (χ0n) is 14.6. The third-order valence-electron chi connectivity index (χ3n) is 4.21. The quantitative estimate of drug-likeness (QED) is 0.845. The average molecular weight is 391 g/mol. The maximum atomic E-state index is 12.5. The molecule has 1 saturated heterocycles.